The van der Waals surface area contributed by atoms with Crippen LogP contribution in [0.2, 0.25) is 0 Å². The monoisotopic (exact) mass is 140 g/mol. The lowest BCUT2D eigenvalue weighted by atomic mass is 10.3. The maximum atomic E-state index is 8.67. The Kier molecular flexibility index (Phi) is 2.07. The number of furan rings is 1. The Morgan fingerprint density at radius 3 is 3.20 bits per heavy atom. The fourth-order valence-electron chi connectivity index (χ4n) is 0.659. The molecule has 0 amide bonds. The molecule has 0 radical (unpaired) electrons. The van der Waals surface area contributed by atoms with E-state index < -0.39 is 0 Å². The van der Waals surface area contributed by atoms with Gasteiger partial charge < -0.3 is 15.4 Å². The molecule has 4 nitrogen and oxygen atoms in total. The highest BCUT2D eigenvalue weighted by Gasteiger charge is 2.00. The lowest BCUT2D eigenvalue weighted by Crippen LogP contribution is -1.89. The number of hydrogen-bond donors (Lipinski definition) is 2. The van der Waals surface area contributed by atoms with Crippen LogP contribution < -0.4 is 5.84 Å². The summed E-state index contributed by atoms with van der Waals surface area (Å²) in [5.74, 6) is 5.38. The highest BCUT2D eigenvalue weighted by Crippen LogP contribution is 2.06. The number of hydrogen-bond acceptors (Lipinski definition) is 4. The van der Waals surface area contributed by atoms with E-state index in [0.717, 1.165) is 0 Å². The van der Waals surface area contributed by atoms with Gasteiger partial charge in [-0.1, -0.05) is 0 Å². The number of nitrogens with two attached hydrogens (primary N) is 1. The molecule has 1 aromatic heterocycles. The van der Waals surface area contributed by atoms with E-state index in [1.165, 1.54) is 12.5 Å². The second-order valence-electron chi connectivity index (χ2n) is 1.75. The molecule has 0 spiro atoms. The molecule has 4 heteroatoms. The van der Waals surface area contributed by atoms with Gasteiger partial charge in [0.2, 0.25) is 0 Å². The van der Waals surface area contributed by atoms with Crippen LogP contribution in [0.4, 0.5) is 0 Å². The topological polar surface area (TPSA) is 71.8 Å². The Morgan fingerprint density at radius 2 is 2.60 bits per heavy atom. The molecule has 1 aromatic rings. The fourth-order valence-corrected chi connectivity index (χ4v) is 0.659. The van der Waals surface area contributed by atoms with Crippen LogP contribution in [0.25, 0.3) is 0 Å². The molecule has 0 unspecified atom stereocenters. The molecule has 0 bridgehead atoms. The van der Waals surface area contributed by atoms with Crippen LogP contribution in [-0.4, -0.2) is 11.3 Å². The molecule has 10 heavy (non-hydrogen) atoms. The molecule has 1 heterocycles. The van der Waals surface area contributed by atoms with Gasteiger partial charge in [-0.3, -0.25) is 0 Å². The first-order chi connectivity index (χ1) is 4.88. The van der Waals surface area contributed by atoms with E-state index in [9.17, 15) is 0 Å². The van der Waals surface area contributed by atoms with Gasteiger partial charge in [0.15, 0.2) is 5.76 Å². The van der Waals surface area contributed by atoms with E-state index in [1.54, 1.807) is 6.07 Å². The van der Waals surface area contributed by atoms with Gasteiger partial charge in [0.1, 0.15) is 0 Å². The van der Waals surface area contributed by atoms with Crippen molar-refractivity contribution in [3.05, 3.63) is 23.7 Å². The van der Waals surface area contributed by atoms with E-state index in [1.807, 2.05) is 0 Å². The van der Waals surface area contributed by atoms with E-state index in [2.05, 4.69) is 5.10 Å². The zero-order valence-corrected chi connectivity index (χ0v) is 5.32. The first kappa shape index (κ1) is 6.82. The van der Waals surface area contributed by atoms with E-state index in [0.29, 0.717) is 11.3 Å². The first-order valence-corrected chi connectivity index (χ1v) is 2.79. The summed E-state index contributed by atoms with van der Waals surface area (Å²) in [7, 11) is 0. The van der Waals surface area contributed by atoms with Crippen molar-refractivity contribution in [3.8, 4) is 0 Å². The van der Waals surface area contributed by atoms with Gasteiger partial charge >= 0.3 is 0 Å². The smallest absolute Gasteiger partial charge is 0.152 e. The van der Waals surface area contributed by atoms with Crippen LogP contribution in [0.3, 0.4) is 0 Å². The van der Waals surface area contributed by atoms with Gasteiger partial charge in [0, 0.05) is 5.56 Å². The third-order valence-corrected chi connectivity index (χ3v) is 1.14. The standard InChI is InChI=1S/C6H8N2O2/c7-8-3-6-5(4-9)1-2-10-6/h1-3,9H,4,7H2. The molecule has 0 atom stereocenters. The summed E-state index contributed by atoms with van der Waals surface area (Å²) in [6.45, 7) is -0.0577. The third-order valence-electron chi connectivity index (χ3n) is 1.14. The average Bonchev–Trinajstić information content (AvgIpc) is 2.36. The van der Waals surface area contributed by atoms with Crippen LogP contribution >= 0.6 is 0 Å². The molecular weight excluding hydrogens is 132 g/mol. The Labute approximate surface area is 58.0 Å². The normalized spacial score (nSPS) is 10.9. The molecule has 0 saturated carbocycles. The summed E-state index contributed by atoms with van der Waals surface area (Å²) in [6, 6.07) is 1.66. The van der Waals surface area contributed by atoms with Crippen molar-refractivity contribution in [2.24, 2.45) is 10.9 Å². The van der Waals surface area contributed by atoms with Crippen LogP contribution in [0.15, 0.2) is 21.8 Å². The number of aliphatic hydroxyl groups is 1. The van der Waals surface area contributed by atoms with Gasteiger partial charge in [-0.25, -0.2) is 0 Å². The third kappa shape index (κ3) is 1.16. The fraction of sp³-hybridized carbons (Fsp3) is 0.167. The summed E-state index contributed by atoms with van der Waals surface area (Å²) in [6.07, 6.45) is 2.83. The summed E-state index contributed by atoms with van der Waals surface area (Å²) in [5, 5.41) is 11.9. The zero-order chi connectivity index (χ0) is 7.40. The number of rotatable bonds is 2. The summed E-state index contributed by atoms with van der Waals surface area (Å²) >= 11 is 0. The minimum atomic E-state index is -0.0577. The van der Waals surface area contributed by atoms with Gasteiger partial charge in [-0.2, -0.15) is 5.10 Å². The van der Waals surface area contributed by atoms with Gasteiger partial charge in [-0.15, -0.1) is 0 Å². The number of nitrogens with zero attached hydrogens (tertiary/aromatic N) is 1. The predicted octanol–water partition coefficient (Wildman–Crippen LogP) is 0.0645. The van der Waals surface area contributed by atoms with Crippen molar-refractivity contribution in [1.82, 2.24) is 0 Å². The summed E-state index contributed by atoms with van der Waals surface area (Å²) in [4.78, 5) is 0. The molecule has 0 fully saturated rings. The average molecular weight is 140 g/mol. The Hall–Kier alpha value is -1.29. The van der Waals surface area contributed by atoms with E-state index >= 15 is 0 Å². The SMILES string of the molecule is NN=Cc1occc1CO. The first-order valence-electron chi connectivity index (χ1n) is 2.79. The highest BCUT2D eigenvalue weighted by atomic mass is 16.3. The van der Waals surface area contributed by atoms with E-state index in [4.69, 9.17) is 15.4 Å². The second kappa shape index (κ2) is 3.03. The molecule has 0 aliphatic carbocycles. The largest absolute Gasteiger partial charge is 0.463 e. The lowest BCUT2D eigenvalue weighted by molar-refractivity contribution is 0.280. The molecular formula is C6H8N2O2. The lowest BCUT2D eigenvalue weighted by Gasteiger charge is -1.88. The molecule has 0 aliphatic heterocycles. The Morgan fingerprint density at radius 1 is 1.80 bits per heavy atom. The van der Waals surface area contributed by atoms with Crippen LogP contribution in [0.1, 0.15) is 11.3 Å². The van der Waals surface area contributed by atoms with Crippen molar-refractivity contribution in [2.45, 2.75) is 6.61 Å². The maximum absolute atomic E-state index is 8.67. The summed E-state index contributed by atoms with van der Waals surface area (Å²) in [5.41, 5.74) is 0.689. The van der Waals surface area contributed by atoms with Crippen LogP contribution in [-0.2, 0) is 6.61 Å². The molecule has 0 aromatic carbocycles. The zero-order valence-electron chi connectivity index (χ0n) is 5.32. The molecule has 1 rings (SSSR count). The minimum Gasteiger partial charge on any atom is -0.463 e. The second-order valence-corrected chi connectivity index (χ2v) is 1.75. The van der Waals surface area contributed by atoms with Crippen LogP contribution in [0, 0.1) is 0 Å². The Bertz CT molecular complexity index is 229. The van der Waals surface area contributed by atoms with E-state index in [-0.39, 0.29) is 6.61 Å². The van der Waals surface area contributed by atoms with Crippen molar-refractivity contribution < 1.29 is 9.52 Å². The van der Waals surface area contributed by atoms with Crippen LogP contribution in [0.5, 0.6) is 0 Å². The molecule has 3 N–H and O–H groups in total. The molecule has 54 valence electrons. The van der Waals surface area contributed by atoms with Crippen molar-refractivity contribution in [1.29, 1.82) is 0 Å². The van der Waals surface area contributed by atoms with Gasteiger partial charge in [0.25, 0.3) is 0 Å². The van der Waals surface area contributed by atoms with Crippen molar-refractivity contribution in [2.75, 3.05) is 0 Å². The molecule has 0 aliphatic rings. The number of aliphatic hydroxyl groups excluding tert-OH is 1. The van der Waals surface area contributed by atoms with Crippen molar-refractivity contribution in [3.63, 3.8) is 0 Å². The molecule has 0 saturated heterocycles. The number of hydrazone groups is 1. The highest BCUT2D eigenvalue weighted by molar-refractivity contribution is 5.77. The minimum absolute atomic E-state index is 0.0577. The van der Waals surface area contributed by atoms with Gasteiger partial charge in [0.05, 0.1) is 19.1 Å². The van der Waals surface area contributed by atoms with Gasteiger partial charge in [-0.05, 0) is 6.07 Å². The maximum Gasteiger partial charge on any atom is 0.152 e. The summed E-state index contributed by atoms with van der Waals surface area (Å²) < 4.78 is 4.91. The Balaban J connectivity index is 2.90. The predicted molar refractivity (Wildman–Crippen MR) is 36.4 cm³/mol. The van der Waals surface area contributed by atoms with Crippen molar-refractivity contribution >= 4 is 6.21 Å². The quantitative estimate of drug-likeness (QED) is 0.346.